The first-order chi connectivity index (χ1) is 9.54. The Kier molecular flexibility index (Phi) is 4.01. The summed E-state index contributed by atoms with van der Waals surface area (Å²) >= 11 is 17.5. The van der Waals surface area contributed by atoms with E-state index in [2.05, 4.69) is 10.00 Å². The van der Waals surface area contributed by atoms with Crippen LogP contribution in [0.25, 0.3) is 5.65 Å². The number of nitrogens with zero attached hydrogens (tertiary/aromatic N) is 4. The third kappa shape index (κ3) is 2.71. The van der Waals surface area contributed by atoms with Gasteiger partial charge in [0.25, 0.3) is 0 Å². The summed E-state index contributed by atoms with van der Waals surface area (Å²) in [5.74, 6) is 0. The number of hydrogen-bond donors (Lipinski definition) is 1. The van der Waals surface area contributed by atoms with Crippen LogP contribution in [0.5, 0.6) is 0 Å². The van der Waals surface area contributed by atoms with Crippen LogP contribution in [-0.4, -0.2) is 43.4 Å². The van der Waals surface area contributed by atoms with Gasteiger partial charge in [-0.2, -0.15) is 0 Å². The smallest absolute Gasteiger partial charge is 0.203 e. The predicted octanol–water partition coefficient (Wildman–Crippen LogP) is 2.59. The number of aromatic nitrogens is 3. The van der Waals surface area contributed by atoms with Crippen molar-refractivity contribution in [1.82, 2.24) is 19.1 Å². The van der Waals surface area contributed by atoms with Gasteiger partial charge in [-0.3, -0.25) is 9.30 Å². The topological polar surface area (TPSA) is 45.7 Å². The number of piperidine rings is 1. The minimum absolute atomic E-state index is 0.270. The lowest BCUT2D eigenvalue weighted by atomic mass is 10.1. The molecule has 0 radical (unpaired) electrons. The van der Waals surface area contributed by atoms with Gasteiger partial charge < -0.3 is 5.11 Å². The maximum atomic E-state index is 9.71. The van der Waals surface area contributed by atoms with Crippen molar-refractivity contribution >= 4 is 41.1 Å². The van der Waals surface area contributed by atoms with Gasteiger partial charge in [-0.15, -0.1) is 5.10 Å². The molecule has 1 aliphatic heterocycles. The monoisotopic (exact) mass is 332 g/mol. The fourth-order valence-electron chi connectivity index (χ4n) is 2.49. The summed E-state index contributed by atoms with van der Waals surface area (Å²) < 4.78 is 3.97. The molecule has 20 heavy (non-hydrogen) atoms. The van der Waals surface area contributed by atoms with Crippen LogP contribution in [0.15, 0.2) is 12.3 Å². The Morgan fingerprint density at radius 2 is 2.25 bits per heavy atom. The molecule has 2 aromatic rings. The van der Waals surface area contributed by atoms with Gasteiger partial charge in [0.1, 0.15) is 0 Å². The number of halogens is 2. The van der Waals surface area contributed by atoms with E-state index in [9.17, 15) is 5.11 Å². The molecule has 2 aromatic heterocycles. The number of likely N-dealkylation sites (tertiary alicyclic amines) is 1. The Morgan fingerprint density at radius 1 is 1.45 bits per heavy atom. The molecule has 1 N–H and O–H groups in total. The average molecular weight is 333 g/mol. The third-order valence-electron chi connectivity index (χ3n) is 3.42. The maximum absolute atomic E-state index is 9.71. The van der Waals surface area contributed by atoms with E-state index >= 15 is 0 Å². The lowest BCUT2D eigenvalue weighted by molar-refractivity contribution is 0.0514. The molecular weight excluding hydrogens is 319 g/mol. The zero-order valence-electron chi connectivity index (χ0n) is 10.7. The van der Waals surface area contributed by atoms with Gasteiger partial charge in [-0.25, -0.2) is 4.68 Å². The first kappa shape index (κ1) is 14.3. The number of aliphatic hydroxyl groups excluding tert-OH is 1. The fourth-order valence-corrected chi connectivity index (χ4v) is 3.23. The molecule has 0 spiro atoms. The molecule has 1 fully saturated rings. The van der Waals surface area contributed by atoms with Crippen molar-refractivity contribution in [3.05, 3.63) is 27.1 Å². The highest BCUT2D eigenvalue weighted by molar-refractivity contribution is 7.71. The number of hydrogen-bond acceptors (Lipinski definition) is 4. The van der Waals surface area contributed by atoms with Crippen molar-refractivity contribution in [2.75, 3.05) is 13.1 Å². The standard InChI is InChI=1S/C12H14Cl2N4OS/c13-8-4-10(14)11-15-18(12(20)17(11)5-8)7-16-3-1-2-9(19)6-16/h4-5,9,19H,1-3,6-7H2/t9-/m1/s1. The lowest BCUT2D eigenvalue weighted by Gasteiger charge is -2.29. The van der Waals surface area contributed by atoms with E-state index in [-0.39, 0.29) is 6.10 Å². The summed E-state index contributed by atoms with van der Waals surface area (Å²) in [5, 5.41) is 15.1. The molecule has 0 amide bonds. The Morgan fingerprint density at radius 3 is 3.00 bits per heavy atom. The fraction of sp³-hybridized carbons (Fsp3) is 0.500. The van der Waals surface area contributed by atoms with Crippen LogP contribution in [0.4, 0.5) is 0 Å². The van der Waals surface area contributed by atoms with Crippen molar-refractivity contribution in [2.24, 2.45) is 0 Å². The number of β-amino-alcohol motifs (C(OH)–C–C–N with tert-alkyl or cyclic N) is 1. The van der Waals surface area contributed by atoms with E-state index in [4.69, 9.17) is 35.4 Å². The van der Waals surface area contributed by atoms with Gasteiger partial charge in [-0.05, 0) is 31.1 Å². The minimum atomic E-state index is -0.270. The molecule has 1 atom stereocenters. The lowest BCUT2D eigenvalue weighted by Crippen LogP contribution is -2.39. The summed E-state index contributed by atoms with van der Waals surface area (Å²) in [7, 11) is 0. The Labute approximate surface area is 131 Å². The summed E-state index contributed by atoms with van der Waals surface area (Å²) in [6, 6.07) is 1.65. The highest BCUT2D eigenvalue weighted by Crippen LogP contribution is 2.21. The van der Waals surface area contributed by atoms with Crippen LogP contribution < -0.4 is 0 Å². The molecule has 8 heteroatoms. The number of aliphatic hydroxyl groups is 1. The zero-order valence-corrected chi connectivity index (χ0v) is 13.0. The molecule has 1 aliphatic rings. The second-order valence-electron chi connectivity index (χ2n) is 5.00. The number of pyridine rings is 1. The molecular formula is C12H14Cl2N4OS. The maximum Gasteiger partial charge on any atom is 0.203 e. The summed E-state index contributed by atoms with van der Waals surface area (Å²) in [4.78, 5) is 2.13. The van der Waals surface area contributed by atoms with Gasteiger partial charge in [-0.1, -0.05) is 23.2 Å². The molecule has 3 heterocycles. The van der Waals surface area contributed by atoms with E-state index in [0.29, 0.717) is 33.7 Å². The second-order valence-corrected chi connectivity index (χ2v) is 6.21. The Balaban J connectivity index is 1.94. The van der Waals surface area contributed by atoms with Crippen LogP contribution in [0.2, 0.25) is 10.0 Å². The van der Waals surface area contributed by atoms with Crippen LogP contribution >= 0.6 is 35.4 Å². The SMILES string of the molecule is O[C@@H]1CCCN(Cn2nc3c(Cl)cc(Cl)cn3c2=S)C1. The van der Waals surface area contributed by atoms with Crippen molar-refractivity contribution in [3.8, 4) is 0 Å². The minimum Gasteiger partial charge on any atom is -0.392 e. The number of rotatable bonds is 2. The normalized spacial score (nSPS) is 20.6. The molecule has 0 unspecified atom stereocenters. The van der Waals surface area contributed by atoms with Gasteiger partial charge in [0, 0.05) is 19.3 Å². The highest BCUT2D eigenvalue weighted by Gasteiger charge is 2.19. The zero-order chi connectivity index (χ0) is 14.3. The molecule has 0 aromatic carbocycles. The van der Waals surface area contributed by atoms with Crippen LogP contribution in [0.1, 0.15) is 12.8 Å². The van der Waals surface area contributed by atoms with E-state index in [0.717, 1.165) is 19.4 Å². The quantitative estimate of drug-likeness (QED) is 0.858. The van der Waals surface area contributed by atoms with Crippen molar-refractivity contribution < 1.29 is 5.11 Å². The van der Waals surface area contributed by atoms with E-state index in [1.165, 1.54) is 0 Å². The third-order valence-corrected chi connectivity index (χ3v) is 4.31. The van der Waals surface area contributed by atoms with Gasteiger partial charge in [0.15, 0.2) is 5.65 Å². The van der Waals surface area contributed by atoms with Crippen molar-refractivity contribution in [1.29, 1.82) is 0 Å². The first-order valence-electron chi connectivity index (χ1n) is 6.39. The van der Waals surface area contributed by atoms with E-state index in [1.807, 2.05) is 0 Å². The Hall–Kier alpha value is -0.660. The van der Waals surface area contributed by atoms with Crippen LogP contribution in [-0.2, 0) is 6.67 Å². The van der Waals surface area contributed by atoms with Crippen LogP contribution in [0, 0.1) is 4.77 Å². The number of fused-ring (bicyclic) bond motifs is 1. The largest absolute Gasteiger partial charge is 0.392 e. The molecule has 3 rings (SSSR count). The van der Waals surface area contributed by atoms with Crippen molar-refractivity contribution in [2.45, 2.75) is 25.6 Å². The molecule has 108 valence electrons. The first-order valence-corrected chi connectivity index (χ1v) is 7.55. The molecule has 1 saturated heterocycles. The van der Waals surface area contributed by atoms with Gasteiger partial charge in [0.2, 0.25) is 4.77 Å². The molecule has 0 bridgehead atoms. The van der Waals surface area contributed by atoms with Gasteiger partial charge in [0.05, 0.1) is 22.8 Å². The molecule has 5 nitrogen and oxygen atoms in total. The summed E-state index contributed by atoms with van der Waals surface area (Å²) in [6.45, 7) is 2.12. The summed E-state index contributed by atoms with van der Waals surface area (Å²) in [5.41, 5.74) is 0.596. The van der Waals surface area contributed by atoms with E-state index < -0.39 is 0 Å². The summed E-state index contributed by atoms with van der Waals surface area (Å²) in [6.07, 6.45) is 3.27. The van der Waals surface area contributed by atoms with Crippen LogP contribution in [0.3, 0.4) is 0 Å². The predicted molar refractivity (Wildman–Crippen MR) is 80.8 cm³/mol. The van der Waals surface area contributed by atoms with Crippen molar-refractivity contribution in [3.63, 3.8) is 0 Å². The molecule has 0 aliphatic carbocycles. The highest BCUT2D eigenvalue weighted by atomic mass is 35.5. The van der Waals surface area contributed by atoms with Gasteiger partial charge >= 0.3 is 0 Å². The van der Waals surface area contributed by atoms with E-state index in [1.54, 1.807) is 21.3 Å². The average Bonchev–Trinajstić information content (AvgIpc) is 2.68. The second kappa shape index (κ2) is 5.61. The Bertz CT molecular complexity index is 699. The molecule has 0 saturated carbocycles.